The van der Waals surface area contributed by atoms with Crippen molar-refractivity contribution >= 4 is 41.6 Å². The lowest BCUT2D eigenvalue weighted by Crippen LogP contribution is -1.96. The van der Waals surface area contributed by atoms with Crippen LogP contribution in [0.2, 0.25) is 10.0 Å². The van der Waals surface area contributed by atoms with E-state index in [-0.39, 0.29) is 0 Å². The highest BCUT2D eigenvalue weighted by molar-refractivity contribution is 7.71. The van der Waals surface area contributed by atoms with Gasteiger partial charge in [-0.3, -0.25) is 0 Å². The van der Waals surface area contributed by atoms with Gasteiger partial charge in [-0.15, -0.1) is 0 Å². The number of hydrogen-bond donors (Lipinski definition) is 1. The lowest BCUT2D eigenvalue weighted by molar-refractivity contribution is 0.871. The average Bonchev–Trinajstić information content (AvgIpc) is 2.90. The van der Waals surface area contributed by atoms with E-state index in [1.807, 2.05) is 37.3 Å². The molecule has 0 aliphatic rings. The lowest BCUT2D eigenvalue weighted by atomic mass is 10.1. The van der Waals surface area contributed by atoms with Crippen molar-refractivity contribution in [3.05, 3.63) is 68.4 Å². The number of nitrogens with zero attached hydrogens (tertiary/aromatic N) is 3. The molecule has 23 heavy (non-hydrogen) atoms. The molecule has 3 aromatic rings. The number of aryl methyl sites for hydroxylation is 1. The normalized spacial score (nSPS) is 11.3. The monoisotopic (exact) mass is 362 g/mol. The first kappa shape index (κ1) is 15.9. The number of H-pyrrole nitrogens is 1. The highest BCUT2D eigenvalue weighted by atomic mass is 35.5. The van der Waals surface area contributed by atoms with Crippen molar-refractivity contribution in [3.63, 3.8) is 0 Å². The molecule has 7 heteroatoms. The summed E-state index contributed by atoms with van der Waals surface area (Å²) in [4.78, 5) is 0. The van der Waals surface area contributed by atoms with Crippen molar-refractivity contribution in [1.82, 2.24) is 14.9 Å². The standard InChI is InChI=1S/C16H12Cl2N4S/c1-10-4-2-3-5-12(10)15-20-21-16(23)22(15)19-9-11-6-7-13(17)14(18)8-11/h2-9H,1H3,(H,21,23). The molecule has 0 saturated heterocycles. The van der Waals surface area contributed by atoms with Crippen LogP contribution in [0.5, 0.6) is 0 Å². The molecule has 0 unspecified atom stereocenters. The zero-order valence-corrected chi connectivity index (χ0v) is 14.5. The summed E-state index contributed by atoms with van der Waals surface area (Å²) in [5, 5.41) is 12.4. The molecule has 1 aromatic heterocycles. The molecule has 0 bridgehead atoms. The van der Waals surface area contributed by atoms with Gasteiger partial charge in [-0.2, -0.15) is 14.9 Å². The largest absolute Gasteiger partial charge is 0.250 e. The number of rotatable bonds is 3. The first-order valence-corrected chi connectivity index (χ1v) is 7.95. The average molecular weight is 363 g/mol. The van der Waals surface area contributed by atoms with E-state index in [4.69, 9.17) is 35.4 Å². The number of aromatic nitrogens is 3. The van der Waals surface area contributed by atoms with Crippen molar-refractivity contribution in [3.8, 4) is 11.4 Å². The van der Waals surface area contributed by atoms with E-state index in [1.165, 1.54) is 0 Å². The van der Waals surface area contributed by atoms with E-state index in [0.29, 0.717) is 20.6 Å². The van der Waals surface area contributed by atoms with Crippen LogP contribution >= 0.6 is 35.4 Å². The number of aromatic amines is 1. The molecular weight excluding hydrogens is 351 g/mol. The van der Waals surface area contributed by atoms with E-state index in [2.05, 4.69) is 15.3 Å². The lowest BCUT2D eigenvalue weighted by Gasteiger charge is -2.04. The van der Waals surface area contributed by atoms with Gasteiger partial charge < -0.3 is 0 Å². The second-order valence-electron chi connectivity index (χ2n) is 4.90. The van der Waals surface area contributed by atoms with Gasteiger partial charge in [0.15, 0.2) is 5.82 Å². The summed E-state index contributed by atoms with van der Waals surface area (Å²) < 4.78 is 2.00. The predicted octanol–water partition coefficient (Wildman–Crippen LogP) is 5.11. The third kappa shape index (κ3) is 3.37. The molecular formula is C16H12Cl2N4S. The minimum atomic E-state index is 0.416. The Kier molecular flexibility index (Phi) is 4.61. The first-order valence-electron chi connectivity index (χ1n) is 6.79. The Bertz CT molecular complexity index is 943. The molecule has 1 N–H and O–H groups in total. The van der Waals surface area contributed by atoms with Gasteiger partial charge in [-0.1, -0.05) is 53.5 Å². The Balaban J connectivity index is 2.02. The van der Waals surface area contributed by atoms with Crippen molar-refractivity contribution in [2.24, 2.45) is 5.10 Å². The molecule has 2 aromatic carbocycles. The molecule has 0 fully saturated rings. The maximum absolute atomic E-state index is 6.01. The van der Waals surface area contributed by atoms with Crippen LogP contribution in [-0.4, -0.2) is 21.1 Å². The van der Waals surface area contributed by atoms with Crippen molar-refractivity contribution in [1.29, 1.82) is 0 Å². The van der Waals surface area contributed by atoms with Crippen molar-refractivity contribution in [2.45, 2.75) is 6.92 Å². The number of halogens is 2. The quantitative estimate of drug-likeness (QED) is 0.520. The van der Waals surface area contributed by atoms with E-state index in [1.54, 1.807) is 23.0 Å². The highest BCUT2D eigenvalue weighted by Gasteiger charge is 2.10. The molecule has 3 rings (SSSR count). The second kappa shape index (κ2) is 6.66. The zero-order chi connectivity index (χ0) is 16.4. The Labute approximate surface area is 148 Å². The van der Waals surface area contributed by atoms with Gasteiger partial charge in [0.1, 0.15) is 0 Å². The van der Waals surface area contributed by atoms with Gasteiger partial charge >= 0.3 is 0 Å². The highest BCUT2D eigenvalue weighted by Crippen LogP contribution is 2.23. The van der Waals surface area contributed by atoms with Crippen LogP contribution in [0.15, 0.2) is 47.6 Å². The third-order valence-electron chi connectivity index (χ3n) is 3.30. The Morgan fingerprint density at radius 3 is 2.70 bits per heavy atom. The van der Waals surface area contributed by atoms with E-state index in [0.717, 1.165) is 16.7 Å². The van der Waals surface area contributed by atoms with Crippen LogP contribution in [0.3, 0.4) is 0 Å². The Morgan fingerprint density at radius 2 is 1.96 bits per heavy atom. The van der Waals surface area contributed by atoms with Crippen LogP contribution < -0.4 is 0 Å². The molecule has 0 atom stereocenters. The fraction of sp³-hybridized carbons (Fsp3) is 0.0625. The molecule has 0 amide bonds. The summed E-state index contributed by atoms with van der Waals surface area (Å²) in [6.07, 6.45) is 1.66. The summed E-state index contributed by atoms with van der Waals surface area (Å²) in [5.74, 6) is 0.657. The van der Waals surface area contributed by atoms with Crippen LogP contribution in [0, 0.1) is 11.7 Å². The maximum atomic E-state index is 6.01. The van der Waals surface area contributed by atoms with Gasteiger partial charge in [0, 0.05) is 5.56 Å². The van der Waals surface area contributed by atoms with Gasteiger partial charge in [-0.25, -0.2) is 5.10 Å². The van der Waals surface area contributed by atoms with Gasteiger partial charge in [0.25, 0.3) is 0 Å². The Morgan fingerprint density at radius 1 is 1.17 bits per heavy atom. The second-order valence-corrected chi connectivity index (χ2v) is 6.10. The number of hydrogen-bond acceptors (Lipinski definition) is 3. The minimum absolute atomic E-state index is 0.416. The molecule has 1 heterocycles. The van der Waals surface area contributed by atoms with Gasteiger partial charge in [0.05, 0.1) is 16.3 Å². The summed E-state index contributed by atoms with van der Waals surface area (Å²) in [7, 11) is 0. The van der Waals surface area contributed by atoms with Crippen LogP contribution in [0.25, 0.3) is 11.4 Å². The smallest absolute Gasteiger partial charge is 0.216 e. The fourth-order valence-corrected chi connectivity index (χ4v) is 2.60. The summed E-state index contributed by atoms with van der Waals surface area (Å²) in [5.41, 5.74) is 2.87. The van der Waals surface area contributed by atoms with Crippen LogP contribution in [0.4, 0.5) is 0 Å². The third-order valence-corrected chi connectivity index (χ3v) is 4.31. The predicted molar refractivity (Wildman–Crippen MR) is 97.0 cm³/mol. The topological polar surface area (TPSA) is 46.0 Å². The summed E-state index contributed by atoms with van der Waals surface area (Å²) >= 11 is 17.2. The van der Waals surface area contributed by atoms with E-state index in [9.17, 15) is 0 Å². The molecule has 0 aliphatic carbocycles. The van der Waals surface area contributed by atoms with E-state index >= 15 is 0 Å². The molecule has 4 nitrogen and oxygen atoms in total. The minimum Gasteiger partial charge on any atom is -0.250 e. The number of benzene rings is 2. The molecule has 0 spiro atoms. The molecule has 116 valence electrons. The summed E-state index contributed by atoms with van der Waals surface area (Å²) in [6.45, 7) is 2.01. The van der Waals surface area contributed by atoms with Crippen molar-refractivity contribution in [2.75, 3.05) is 0 Å². The Hall–Kier alpha value is -1.95. The molecule has 0 aliphatic heterocycles. The molecule has 0 radical (unpaired) electrons. The maximum Gasteiger partial charge on any atom is 0.216 e. The van der Waals surface area contributed by atoms with Gasteiger partial charge in [-0.05, 0) is 42.4 Å². The fourth-order valence-electron chi connectivity index (χ4n) is 2.11. The summed E-state index contributed by atoms with van der Waals surface area (Å²) in [6, 6.07) is 13.2. The van der Waals surface area contributed by atoms with Gasteiger partial charge in [0.2, 0.25) is 4.77 Å². The zero-order valence-electron chi connectivity index (χ0n) is 12.1. The number of nitrogens with one attached hydrogen (secondary N) is 1. The molecule has 0 saturated carbocycles. The first-order chi connectivity index (χ1) is 11.1. The van der Waals surface area contributed by atoms with Crippen LogP contribution in [-0.2, 0) is 0 Å². The van der Waals surface area contributed by atoms with Crippen molar-refractivity contribution < 1.29 is 0 Å². The van der Waals surface area contributed by atoms with E-state index < -0.39 is 0 Å². The SMILES string of the molecule is Cc1ccccc1-c1n[nH]c(=S)n1N=Cc1ccc(Cl)c(Cl)c1. The van der Waals surface area contributed by atoms with Crippen LogP contribution in [0.1, 0.15) is 11.1 Å².